The minimum Gasteiger partial charge on any atom is -0.338 e. The second-order valence-electron chi connectivity index (χ2n) is 5.53. The number of fused-ring (bicyclic) bond motifs is 1. The van der Waals surface area contributed by atoms with Crippen LogP contribution >= 0.6 is 11.3 Å². The minimum absolute atomic E-state index is 0.240. The molecular formula is C18H15N3O2S2. The topological polar surface area (TPSA) is 74.8 Å². The molecule has 0 aliphatic rings. The maximum Gasteiger partial charge on any atom is 0.240 e. The first-order valence-corrected chi connectivity index (χ1v) is 10.1. The Labute approximate surface area is 149 Å². The van der Waals surface area contributed by atoms with Gasteiger partial charge in [0.1, 0.15) is 5.82 Å². The molecule has 0 bridgehead atoms. The van der Waals surface area contributed by atoms with Crippen molar-refractivity contribution in [3.05, 3.63) is 70.9 Å². The monoisotopic (exact) mass is 369 g/mol. The Balaban J connectivity index is 1.56. The summed E-state index contributed by atoms with van der Waals surface area (Å²) < 4.78 is 27.4. The van der Waals surface area contributed by atoms with E-state index in [2.05, 4.69) is 14.7 Å². The standard InChI is InChI=1S/C18H15N3O2S2/c22-25(23,19-12-14-4-3-11-24-14)15-9-7-13(8-10-15)18-20-16-5-1-2-6-17(16)21-18/h1-11,19H,12H2,(H,20,21). The predicted molar refractivity (Wildman–Crippen MR) is 99.9 cm³/mol. The summed E-state index contributed by atoms with van der Waals surface area (Å²) in [6.07, 6.45) is 0. The van der Waals surface area contributed by atoms with Crippen molar-refractivity contribution in [1.82, 2.24) is 14.7 Å². The predicted octanol–water partition coefficient (Wildman–Crippen LogP) is 3.77. The number of aromatic amines is 1. The van der Waals surface area contributed by atoms with Crippen LogP contribution in [0.1, 0.15) is 4.88 Å². The molecule has 0 aliphatic heterocycles. The van der Waals surface area contributed by atoms with Crippen molar-refractivity contribution in [2.24, 2.45) is 0 Å². The van der Waals surface area contributed by atoms with Crippen LogP contribution in [0.5, 0.6) is 0 Å². The normalized spacial score (nSPS) is 11.8. The molecule has 25 heavy (non-hydrogen) atoms. The molecular weight excluding hydrogens is 354 g/mol. The molecule has 7 heteroatoms. The van der Waals surface area contributed by atoms with Crippen LogP contribution in [0.3, 0.4) is 0 Å². The number of hydrogen-bond donors (Lipinski definition) is 2. The number of imidazole rings is 1. The molecule has 2 aromatic carbocycles. The van der Waals surface area contributed by atoms with Crippen molar-refractivity contribution in [3.8, 4) is 11.4 Å². The number of para-hydroxylation sites is 2. The van der Waals surface area contributed by atoms with Crippen LogP contribution < -0.4 is 4.72 Å². The Morgan fingerprint density at radius 1 is 1.00 bits per heavy atom. The molecule has 0 saturated heterocycles. The van der Waals surface area contributed by atoms with Crippen LogP contribution in [-0.4, -0.2) is 18.4 Å². The van der Waals surface area contributed by atoms with Crippen molar-refractivity contribution >= 4 is 32.4 Å². The lowest BCUT2D eigenvalue weighted by atomic mass is 10.2. The van der Waals surface area contributed by atoms with E-state index in [1.165, 1.54) is 11.3 Å². The van der Waals surface area contributed by atoms with E-state index >= 15 is 0 Å². The van der Waals surface area contributed by atoms with Crippen molar-refractivity contribution in [2.45, 2.75) is 11.4 Å². The van der Waals surface area contributed by atoms with Crippen molar-refractivity contribution in [1.29, 1.82) is 0 Å². The van der Waals surface area contributed by atoms with E-state index in [9.17, 15) is 8.42 Å². The minimum atomic E-state index is -3.53. The van der Waals surface area contributed by atoms with Crippen LogP contribution in [0, 0.1) is 0 Å². The molecule has 2 heterocycles. The van der Waals surface area contributed by atoms with Gasteiger partial charge in [0.25, 0.3) is 0 Å². The van der Waals surface area contributed by atoms with Gasteiger partial charge in [-0.25, -0.2) is 18.1 Å². The number of hydrogen-bond acceptors (Lipinski definition) is 4. The first-order valence-electron chi connectivity index (χ1n) is 7.69. The first kappa shape index (κ1) is 16.0. The third kappa shape index (κ3) is 3.34. The summed E-state index contributed by atoms with van der Waals surface area (Å²) in [5, 5.41) is 1.92. The number of benzene rings is 2. The van der Waals surface area contributed by atoms with Gasteiger partial charge in [-0.3, -0.25) is 0 Å². The largest absolute Gasteiger partial charge is 0.338 e. The zero-order chi connectivity index (χ0) is 17.3. The molecule has 4 rings (SSSR count). The second-order valence-corrected chi connectivity index (χ2v) is 8.33. The van der Waals surface area contributed by atoms with E-state index in [4.69, 9.17) is 0 Å². The van der Waals surface area contributed by atoms with Crippen molar-refractivity contribution in [2.75, 3.05) is 0 Å². The maximum atomic E-state index is 12.4. The highest BCUT2D eigenvalue weighted by Crippen LogP contribution is 2.22. The number of nitrogens with zero attached hydrogens (tertiary/aromatic N) is 1. The van der Waals surface area contributed by atoms with Gasteiger partial charge in [-0.2, -0.15) is 0 Å². The lowest BCUT2D eigenvalue weighted by molar-refractivity contribution is 0.582. The van der Waals surface area contributed by atoms with E-state index in [1.807, 2.05) is 41.8 Å². The van der Waals surface area contributed by atoms with E-state index in [-0.39, 0.29) is 4.90 Å². The Kier molecular flexibility index (Phi) is 4.12. The van der Waals surface area contributed by atoms with Gasteiger partial charge in [-0.1, -0.05) is 18.2 Å². The molecule has 0 saturated carbocycles. The Morgan fingerprint density at radius 3 is 2.52 bits per heavy atom. The van der Waals surface area contributed by atoms with Crippen molar-refractivity contribution in [3.63, 3.8) is 0 Å². The highest BCUT2D eigenvalue weighted by molar-refractivity contribution is 7.89. The van der Waals surface area contributed by atoms with Crippen LogP contribution in [0.15, 0.2) is 70.9 Å². The van der Waals surface area contributed by atoms with Crippen LogP contribution in [0.25, 0.3) is 22.4 Å². The van der Waals surface area contributed by atoms with Crippen LogP contribution in [-0.2, 0) is 16.6 Å². The fourth-order valence-electron chi connectivity index (χ4n) is 2.54. The molecule has 2 aromatic heterocycles. The molecule has 0 aliphatic carbocycles. The lowest BCUT2D eigenvalue weighted by Gasteiger charge is -2.06. The van der Waals surface area contributed by atoms with E-state index in [0.29, 0.717) is 6.54 Å². The number of H-pyrrole nitrogens is 1. The molecule has 0 spiro atoms. The number of sulfonamides is 1. The molecule has 0 radical (unpaired) electrons. The van der Waals surface area contributed by atoms with Crippen molar-refractivity contribution < 1.29 is 8.42 Å². The van der Waals surface area contributed by atoms with Crippen LogP contribution in [0.4, 0.5) is 0 Å². The van der Waals surface area contributed by atoms with Crippen LogP contribution in [0.2, 0.25) is 0 Å². The van der Waals surface area contributed by atoms with Gasteiger partial charge in [0.15, 0.2) is 0 Å². The zero-order valence-corrected chi connectivity index (χ0v) is 14.8. The number of rotatable bonds is 5. The molecule has 0 unspecified atom stereocenters. The summed E-state index contributed by atoms with van der Waals surface area (Å²) in [6.45, 7) is 0.297. The van der Waals surface area contributed by atoms with Gasteiger partial charge in [0.2, 0.25) is 10.0 Å². The SMILES string of the molecule is O=S(=O)(NCc1cccs1)c1ccc(-c2nc3ccccc3[nH]2)cc1. The Morgan fingerprint density at radius 2 is 1.80 bits per heavy atom. The fourth-order valence-corrected chi connectivity index (χ4v) is 4.29. The maximum absolute atomic E-state index is 12.4. The summed E-state index contributed by atoms with van der Waals surface area (Å²) in [6, 6.07) is 18.3. The molecule has 4 aromatic rings. The lowest BCUT2D eigenvalue weighted by Crippen LogP contribution is -2.22. The van der Waals surface area contributed by atoms with E-state index in [1.54, 1.807) is 24.3 Å². The van der Waals surface area contributed by atoms with E-state index in [0.717, 1.165) is 27.3 Å². The quantitative estimate of drug-likeness (QED) is 0.562. The van der Waals surface area contributed by atoms with Gasteiger partial charge in [0.05, 0.1) is 15.9 Å². The number of aromatic nitrogens is 2. The number of thiophene rings is 1. The molecule has 126 valence electrons. The fraction of sp³-hybridized carbons (Fsp3) is 0.0556. The first-order chi connectivity index (χ1) is 12.1. The summed E-state index contributed by atoms with van der Waals surface area (Å²) in [5.74, 6) is 0.719. The summed E-state index contributed by atoms with van der Waals surface area (Å²) >= 11 is 1.52. The Bertz CT molecular complexity index is 1070. The molecule has 5 nitrogen and oxygen atoms in total. The highest BCUT2D eigenvalue weighted by atomic mass is 32.2. The van der Waals surface area contributed by atoms with Gasteiger partial charge in [-0.15, -0.1) is 11.3 Å². The summed E-state index contributed by atoms with van der Waals surface area (Å²) in [5.41, 5.74) is 2.67. The Hall–Kier alpha value is -2.48. The zero-order valence-electron chi connectivity index (χ0n) is 13.1. The third-order valence-corrected chi connectivity index (χ3v) is 6.14. The average Bonchev–Trinajstić information content (AvgIpc) is 3.29. The van der Waals surface area contributed by atoms with E-state index < -0.39 is 10.0 Å². The van der Waals surface area contributed by atoms with Gasteiger partial charge >= 0.3 is 0 Å². The van der Waals surface area contributed by atoms with Gasteiger partial charge < -0.3 is 4.98 Å². The average molecular weight is 369 g/mol. The second kappa shape index (κ2) is 6.44. The summed E-state index contributed by atoms with van der Waals surface area (Å²) in [7, 11) is -3.53. The number of nitrogens with one attached hydrogen (secondary N) is 2. The van der Waals surface area contributed by atoms with Gasteiger partial charge in [-0.05, 0) is 47.8 Å². The molecule has 0 fully saturated rings. The smallest absolute Gasteiger partial charge is 0.240 e. The molecule has 2 N–H and O–H groups in total. The molecule has 0 atom stereocenters. The van der Waals surface area contributed by atoms with Gasteiger partial charge in [0, 0.05) is 17.0 Å². The third-order valence-electron chi connectivity index (χ3n) is 3.84. The summed E-state index contributed by atoms with van der Waals surface area (Å²) in [4.78, 5) is 8.98. The highest BCUT2D eigenvalue weighted by Gasteiger charge is 2.14. The molecule has 0 amide bonds.